The van der Waals surface area contributed by atoms with Crippen molar-refractivity contribution in [3.8, 4) is 0 Å². The zero-order valence-electron chi connectivity index (χ0n) is 12.0. The molecular formula is C16H23NO3. The molecule has 20 heavy (non-hydrogen) atoms. The molecule has 0 saturated carbocycles. The van der Waals surface area contributed by atoms with Gasteiger partial charge in [0.1, 0.15) is 0 Å². The third-order valence-electron chi connectivity index (χ3n) is 3.69. The van der Waals surface area contributed by atoms with Crippen molar-refractivity contribution in [3.63, 3.8) is 0 Å². The van der Waals surface area contributed by atoms with Crippen molar-refractivity contribution in [1.82, 2.24) is 4.90 Å². The van der Waals surface area contributed by atoms with Crippen LogP contribution in [0.1, 0.15) is 30.9 Å². The summed E-state index contributed by atoms with van der Waals surface area (Å²) < 4.78 is 5.51. The molecule has 1 heterocycles. The van der Waals surface area contributed by atoms with Gasteiger partial charge < -0.3 is 9.84 Å². The van der Waals surface area contributed by atoms with Crippen LogP contribution in [0.3, 0.4) is 0 Å². The number of carboxylic acids is 1. The van der Waals surface area contributed by atoms with E-state index in [-0.39, 0.29) is 12.5 Å². The molecule has 4 heteroatoms. The van der Waals surface area contributed by atoms with Crippen molar-refractivity contribution < 1.29 is 14.6 Å². The maximum Gasteiger partial charge on any atom is 0.305 e. The largest absolute Gasteiger partial charge is 0.481 e. The molecule has 0 radical (unpaired) electrons. The van der Waals surface area contributed by atoms with Gasteiger partial charge in [-0.05, 0) is 30.9 Å². The number of carboxylic acid groups (broad SMARTS) is 1. The number of fused-ring (bicyclic) bond motifs is 1. The minimum absolute atomic E-state index is 0.0804. The Morgan fingerprint density at radius 3 is 2.90 bits per heavy atom. The zero-order valence-corrected chi connectivity index (χ0v) is 12.0. The maximum absolute atomic E-state index is 10.5. The number of hydrogen-bond donors (Lipinski definition) is 1. The highest BCUT2D eigenvalue weighted by atomic mass is 16.5. The first-order chi connectivity index (χ1) is 9.65. The van der Waals surface area contributed by atoms with E-state index in [0.29, 0.717) is 6.61 Å². The molecule has 0 aromatic heterocycles. The van der Waals surface area contributed by atoms with Gasteiger partial charge >= 0.3 is 5.97 Å². The normalized spacial score (nSPS) is 16.6. The van der Waals surface area contributed by atoms with Crippen LogP contribution < -0.4 is 0 Å². The molecule has 0 spiro atoms. The van der Waals surface area contributed by atoms with E-state index >= 15 is 0 Å². The monoisotopic (exact) mass is 277 g/mol. The van der Waals surface area contributed by atoms with Gasteiger partial charge in [0.15, 0.2) is 0 Å². The Morgan fingerprint density at radius 2 is 2.15 bits per heavy atom. The van der Waals surface area contributed by atoms with Crippen molar-refractivity contribution in [3.05, 3.63) is 35.4 Å². The van der Waals surface area contributed by atoms with Crippen LogP contribution in [-0.2, 0) is 22.5 Å². The Morgan fingerprint density at radius 1 is 1.40 bits per heavy atom. The van der Waals surface area contributed by atoms with Crippen LogP contribution in [0.25, 0.3) is 0 Å². The maximum atomic E-state index is 10.5. The van der Waals surface area contributed by atoms with Crippen LogP contribution in [-0.4, -0.2) is 41.8 Å². The number of carbonyl (C=O) groups is 1. The quantitative estimate of drug-likeness (QED) is 0.777. The summed E-state index contributed by atoms with van der Waals surface area (Å²) in [6.45, 7) is 5.56. The number of rotatable bonds is 7. The Kier molecular flexibility index (Phi) is 5.56. The van der Waals surface area contributed by atoms with Gasteiger partial charge in [0.25, 0.3) is 0 Å². The van der Waals surface area contributed by atoms with Gasteiger partial charge in [0, 0.05) is 26.2 Å². The summed E-state index contributed by atoms with van der Waals surface area (Å²) in [5.74, 6) is -0.801. The lowest BCUT2D eigenvalue weighted by Gasteiger charge is -2.28. The highest BCUT2D eigenvalue weighted by molar-refractivity contribution is 5.67. The molecular weight excluding hydrogens is 254 g/mol. The summed E-state index contributed by atoms with van der Waals surface area (Å²) in [4.78, 5) is 13.0. The van der Waals surface area contributed by atoms with Gasteiger partial charge in [-0.1, -0.05) is 24.3 Å². The molecule has 1 aliphatic heterocycles. The van der Waals surface area contributed by atoms with E-state index in [4.69, 9.17) is 9.84 Å². The molecule has 0 amide bonds. The van der Waals surface area contributed by atoms with Crippen molar-refractivity contribution >= 4 is 5.97 Å². The fraction of sp³-hybridized carbons (Fsp3) is 0.562. The SMILES string of the molecule is CC(CC(=O)O)OCCCN1CCc2ccccc2C1. The number of hydrogen-bond acceptors (Lipinski definition) is 3. The second-order valence-electron chi connectivity index (χ2n) is 5.43. The van der Waals surface area contributed by atoms with Gasteiger partial charge in [-0.3, -0.25) is 9.69 Å². The van der Waals surface area contributed by atoms with Crippen LogP contribution in [0.15, 0.2) is 24.3 Å². The van der Waals surface area contributed by atoms with Crippen molar-refractivity contribution in [2.45, 2.75) is 38.8 Å². The Labute approximate surface area is 120 Å². The molecule has 1 N–H and O–H groups in total. The number of aliphatic carboxylic acids is 1. The highest BCUT2D eigenvalue weighted by Gasteiger charge is 2.15. The molecule has 1 aromatic carbocycles. The molecule has 1 unspecified atom stereocenters. The van der Waals surface area contributed by atoms with E-state index in [2.05, 4.69) is 29.2 Å². The molecule has 110 valence electrons. The van der Waals surface area contributed by atoms with Gasteiger partial charge in [0.05, 0.1) is 12.5 Å². The summed E-state index contributed by atoms with van der Waals surface area (Å²) in [7, 11) is 0. The van der Waals surface area contributed by atoms with Gasteiger partial charge in [-0.25, -0.2) is 0 Å². The first-order valence-corrected chi connectivity index (χ1v) is 7.27. The lowest BCUT2D eigenvalue weighted by Crippen LogP contribution is -2.32. The smallest absolute Gasteiger partial charge is 0.305 e. The van der Waals surface area contributed by atoms with Crippen molar-refractivity contribution in [2.75, 3.05) is 19.7 Å². The van der Waals surface area contributed by atoms with E-state index in [1.165, 1.54) is 11.1 Å². The number of nitrogens with zero attached hydrogens (tertiary/aromatic N) is 1. The van der Waals surface area contributed by atoms with Gasteiger partial charge in [0.2, 0.25) is 0 Å². The predicted molar refractivity (Wildman–Crippen MR) is 77.7 cm³/mol. The molecule has 0 aliphatic carbocycles. The third kappa shape index (κ3) is 4.62. The van der Waals surface area contributed by atoms with E-state index < -0.39 is 5.97 Å². The van der Waals surface area contributed by atoms with Crippen molar-refractivity contribution in [1.29, 1.82) is 0 Å². The zero-order chi connectivity index (χ0) is 14.4. The van der Waals surface area contributed by atoms with E-state index in [0.717, 1.165) is 32.5 Å². The molecule has 1 atom stereocenters. The predicted octanol–water partition coefficient (Wildman–Crippen LogP) is 2.31. The Bertz CT molecular complexity index is 447. The minimum atomic E-state index is -0.801. The molecule has 2 rings (SSSR count). The molecule has 4 nitrogen and oxygen atoms in total. The van der Waals surface area contributed by atoms with Crippen LogP contribution in [0.4, 0.5) is 0 Å². The highest BCUT2D eigenvalue weighted by Crippen LogP contribution is 2.18. The van der Waals surface area contributed by atoms with Gasteiger partial charge in [-0.2, -0.15) is 0 Å². The average Bonchev–Trinajstić information content (AvgIpc) is 2.43. The topological polar surface area (TPSA) is 49.8 Å². The first kappa shape index (κ1) is 15.0. The lowest BCUT2D eigenvalue weighted by atomic mass is 10.00. The second kappa shape index (κ2) is 7.41. The summed E-state index contributed by atoms with van der Waals surface area (Å²) in [6, 6.07) is 8.61. The van der Waals surface area contributed by atoms with E-state index in [1.807, 2.05) is 6.92 Å². The summed E-state index contributed by atoms with van der Waals surface area (Å²) in [5.41, 5.74) is 2.90. The second-order valence-corrected chi connectivity index (χ2v) is 5.43. The lowest BCUT2D eigenvalue weighted by molar-refractivity contribution is -0.139. The summed E-state index contributed by atoms with van der Waals surface area (Å²) in [6.07, 6.45) is 1.95. The van der Waals surface area contributed by atoms with Crippen LogP contribution >= 0.6 is 0 Å². The molecule has 1 aliphatic rings. The summed E-state index contributed by atoms with van der Waals surface area (Å²) >= 11 is 0. The molecule has 0 saturated heterocycles. The minimum Gasteiger partial charge on any atom is -0.481 e. The van der Waals surface area contributed by atoms with Crippen LogP contribution in [0.5, 0.6) is 0 Å². The summed E-state index contributed by atoms with van der Waals surface area (Å²) in [5, 5.41) is 8.65. The fourth-order valence-corrected chi connectivity index (χ4v) is 2.62. The first-order valence-electron chi connectivity index (χ1n) is 7.27. The van der Waals surface area contributed by atoms with E-state index in [1.54, 1.807) is 0 Å². The number of ether oxygens (including phenoxy) is 1. The Balaban J connectivity index is 1.65. The van der Waals surface area contributed by atoms with Crippen molar-refractivity contribution in [2.24, 2.45) is 0 Å². The number of benzene rings is 1. The standard InChI is InChI=1S/C16H23NO3/c1-13(11-16(18)19)20-10-4-8-17-9-7-14-5-2-3-6-15(14)12-17/h2-3,5-6,13H,4,7-12H2,1H3,(H,18,19). The van der Waals surface area contributed by atoms with Gasteiger partial charge in [-0.15, -0.1) is 0 Å². The third-order valence-corrected chi connectivity index (χ3v) is 3.69. The fourth-order valence-electron chi connectivity index (χ4n) is 2.62. The molecule has 0 bridgehead atoms. The molecule has 0 fully saturated rings. The van der Waals surface area contributed by atoms with Crippen LogP contribution in [0, 0.1) is 0 Å². The molecule has 1 aromatic rings. The Hall–Kier alpha value is -1.39. The van der Waals surface area contributed by atoms with Crippen LogP contribution in [0.2, 0.25) is 0 Å². The average molecular weight is 277 g/mol. The van der Waals surface area contributed by atoms with E-state index in [9.17, 15) is 4.79 Å².